The normalized spacial score (nSPS) is 18.0. The van der Waals surface area contributed by atoms with Crippen LogP contribution in [0.5, 0.6) is 0 Å². The second-order valence-corrected chi connectivity index (χ2v) is 6.69. The number of nitrogens with zero attached hydrogens (tertiary/aromatic N) is 1. The molecule has 4 nitrogen and oxygen atoms in total. The van der Waals surface area contributed by atoms with Crippen LogP contribution in [0.1, 0.15) is 12.8 Å². The molecule has 1 aromatic rings. The first-order valence-electron chi connectivity index (χ1n) is 5.81. The number of rotatable bonds is 5. The molecule has 0 bridgehead atoms. The van der Waals surface area contributed by atoms with Crippen LogP contribution in [0.3, 0.4) is 0 Å². The van der Waals surface area contributed by atoms with Crippen LogP contribution in [-0.4, -0.2) is 37.5 Å². The van der Waals surface area contributed by atoms with Gasteiger partial charge in [-0.1, -0.05) is 6.07 Å². The maximum atomic E-state index is 13.0. The molecule has 1 saturated carbocycles. The summed E-state index contributed by atoms with van der Waals surface area (Å²) in [6.07, 6.45) is 1.24. The second-order valence-electron chi connectivity index (χ2n) is 4.65. The van der Waals surface area contributed by atoms with E-state index in [0.29, 0.717) is 0 Å². The lowest BCUT2D eigenvalue weighted by Crippen LogP contribution is -2.35. The third-order valence-electron chi connectivity index (χ3n) is 3.11. The van der Waals surface area contributed by atoms with Crippen molar-refractivity contribution in [2.75, 3.05) is 13.6 Å². The minimum atomic E-state index is -3.73. The van der Waals surface area contributed by atoms with Crippen molar-refractivity contribution < 1.29 is 17.9 Å². The van der Waals surface area contributed by atoms with Gasteiger partial charge in [0.1, 0.15) is 5.82 Å². The summed E-state index contributed by atoms with van der Waals surface area (Å²) in [7, 11) is -2.33. The lowest BCUT2D eigenvalue weighted by Gasteiger charge is -2.20. The zero-order valence-electron chi connectivity index (χ0n) is 10.1. The van der Waals surface area contributed by atoms with Gasteiger partial charge in [0.05, 0.1) is 11.0 Å². The van der Waals surface area contributed by atoms with Crippen LogP contribution in [0.4, 0.5) is 4.39 Å². The maximum Gasteiger partial charge on any atom is 0.243 e. The van der Waals surface area contributed by atoms with Crippen LogP contribution < -0.4 is 0 Å². The Kier molecular flexibility index (Phi) is 3.70. The molecular formula is C12H16FNO3S. The molecule has 1 unspecified atom stereocenters. The summed E-state index contributed by atoms with van der Waals surface area (Å²) in [5.41, 5.74) is 0. The third-order valence-corrected chi connectivity index (χ3v) is 4.93. The number of hydrogen-bond acceptors (Lipinski definition) is 3. The monoisotopic (exact) mass is 273 g/mol. The smallest absolute Gasteiger partial charge is 0.243 e. The molecule has 1 atom stereocenters. The largest absolute Gasteiger partial charge is 0.391 e. The van der Waals surface area contributed by atoms with Crippen molar-refractivity contribution in [2.45, 2.75) is 23.8 Å². The summed E-state index contributed by atoms with van der Waals surface area (Å²) in [5.74, 6) is -0.387. The van der Waals surface area contributed by atoms with Gasteiger partial charge < -0.3 is 5.11 Å². The first kappa shape index (κ1) is 13.5. The summed E-state index contributed by atoms with van der Waals surface area (Å²) in [5, 5.41) is 9.74. The average Bonchev–Trinajstić information content (AvgIpc) is 3.12. The Balaban J connectivity index is 2.14. The Morgan fingerprint density at radius 2 is 2.17 bits per heavy atom. The maximum absolute atomic E-state index is 13.0. The first-order chi connectivity index (χ1) is 8.41. The third kappa shape index (κ3) is 2.88. The van der Waals surface area contributed by atoms with Crippen molar-refractivity contribution >= 4 is 10.0 Å². The highest BCUT2D eigenvalue weighted by molar-refractivity contribution is 7.89. The minimum Gasteiger partial charge on any atom is -0.391 e. The minimum absolute atomic E-state index is 0.0452. The van der Waals surface area contributed by atoms with Crippen molar-refractivity contribution in [3.8, 4) is 0 Å². The van der Waals surface area contributed by atoms with Gasteiger partial charge in [0.15, 0.2) is 0 Å². The second kappa shape index (κ2) is 4.95. The van der Waals surface area contributed by atoms with E-state index in [9.17, 15) is 17.9 Å². The zero-order chi connectivity index (χ0) is 13.3. The number of hydrogen-bond donors (Lipinski definition) is 1. The predicted octanol–water partition coefficient (Wildman–Crippen LogP) is 1.22. The first-order valence-corrected chi connectivity index (χ1v) is 7.25. The number of halogens is 1. The van der Waals surface area contributed by atoms with Crippen LogP contribution in [0.2, 0.25) is 0 Å². The number of aliphatic hydroxyl groups is 1. The lowest BCUT2D eigenvalue weighted by molar-refractivity contribution is 0.131. The van der Waals surface area contributed by atoms with Crippen molar-refractivity contribution in [1.82, 2.24) is 4.31 Å². The van der Waals surface area contributed by atoms with Gasteiger partial charge in [-0.05, 0) is 37.0 Å². The van der Waals surface area contributed by atoms with E-state index in [-0.39, 0.29) is 17.4 Å². The summed E-state index contributed by atoms with van der Waals surface area (Å²) in [6, 6.07) is 4.87. The van der Waals surface area contributed by atoms with E-state index in [4.69, 9.17) is 0 Å². The molecule has 0 radical (unpaired) electrons. The van der Waals surface area contributed by atoms with Gasteiger partial charge >= 0.3 is 0 Å². The molecule has 1 fully saturated rings. The molecular weight excluding hydrogens is 257 g/mol. The van der Waals surface area contributed by atoms with E-state index in [1.165, 1.54) is 25.2 Å². The Hall–Kier alpha value is -0.980. The number of likely N-dealkylation sites (N-methyl/N-ethyl adjacent to an activating group) is 1. The van der Waals surface area contributed by atoms with Crippen LogP contribution in [0, 0.1) is 11.7 Å². The van der Waals surface area contributed by atoms with E-state index in [2.05, 4.69) is 0 Å². The number of sulfonamides is 1. The summed E-state index contributed by atoms with van der Waals surface area (Å²) in [6.45, 7) is 0.0452. The number of aliphatic hydroxyl groups excluding tert-OH is 1. The summed E-state index contributed by atoms with van der Waals surface area (Å²) in [4.78, 5) is -0.0898. The molecule has 0 saturated heterocycles. The van der Waals surface area contributed by atoms with Gasteiger partial charge in [0.25, 0.3) is 0 Å². The molecule has 2 rings (SSSR count). The molecule has 6 heteroatoms. The lowest BCUT2D eigenvalue weighted by atomic mass is 10.2. The molecule has 1 aliphatic rings. The molecule has 0 aromatic heterocycles. The summed E-state index contributed by atoms with van der Waals surface area (Å²) < 4.78 is 38.3. The van der Waals surface area contributed by atoms with Gasteiger partial charge in [0.2, 0.25) is 10.0 Å². The molecule has 0 spiro atoms. The van der Waals surface area contributed by atoms with Gasteiger partial charge in [-0.3, -0.25) is 0 Å². The standard InChI is InChI=1S/C12H16FNO3S/c1-14(8-12(15)9-5-6-9)18(16,17)11-4-2-3-10(13)7-11/h2-4,7,9,12,15H,5-6,8H2,1H3. The van der Waals surface area contributed by atoms with Gasteiger partial charge in [-0.25, -0.2) is 12.8 Å². The van der Waals surface area contributed by atoms with Crippen molar-refractivity contribution in [2.24, 2.45) is 5.92 Å². The van der Waals surface area contributed by atoms with Crippen molar-refractivity contribution in [1.29, 1.82) is 0 Å². The van der Waals surface area contributed by atoms with Crippen LogP contribution in [0.25, 0.3) is 0 Å². The fourth-order valence-corrected chi connectivity index (χ4v) is 3.02. The van der Waals surface area contributed by atoms with E-state index in [1.807, 2.05) is 0 Å². The molecule has 1 aliphatic carbocycles. The quantitative estimate of drug-likeness (QED) is 0.877. The Bertz CT molecular complexity index is 528. The highest BCUT2D eigenvalue weighted by atomic mass is 32.2. The highest BCUT2D eigenvalue weighted by Crippen LogP contribution is 2.33. The van der Waals surface area contributed by atoms with Crippen molar-refractivity contribution in [3.05, 3.63) is 30.1 Å². The molecule has 100 valence electrons. The van der Waals surface area contributed by atoms with Crippen LogP contribution in [-0.2, 0) is 10.0 Å². The average molecular weight is 273 g/mol. The molecule has 0 heterocycles. The Morgan fingerprint density at radius 3 is 2.72 bits per heavy atom. The number of benzene rings is 1. The van der Waals surface area contributed by atoms with Crippen LogP contribution >= 0.6 is 0 Å². The highest BCUT2D eigenvalue weighted by Gasteiger charge is 2.33. The van der Waals surface area contributed by atoms with E-state index >= 15 is 0 Å². The van der Waals surface area contributed by atoms with E-state index in [0.717, 1.165) is 23.2 Å². The molecule has 18 heavy (non-hydrogen) atoms. The Labute approximate surface area is 106 Å². The fraction of sp³-hybridized carbons (Fsp3) is 0.500. The van der Waals surface area contributed by atoms with Gasteiger partial charge in [-0.15, -0.1) is 0 Å². The predicted molar refractivity (Wildman–Crippen MR) is 64.9 cm³/mol. The van der Waals surface area contributed by atoms with Crippen molar-refractivity contribution in [3.63, 3.8) is 0 Å². The Morgan fingerprint density at radius 1 is 1.50 bits per heavy atom. The molecule has 1 aromatic carbocycles. The summed E-state index contributed by atoms with van der Waals surface area (Å²) >= 11 is 0. The SMILES string of the molecule is CN(CC(O)C1CC1)S(=O)(=O)c1cccc(F)c1. The zero-order valence-corrected chi connectivity index (χ0v) is 10.9. The fourth-order valence-electron chi connectivity index (χ4n) is 1.80. The molecule has 0 amide bonds. The van der Waals surface area contributed by atoms with E-state index < -0.39 is 21.9 Å². The van der Waals surface area contributed by atoms with Crippen LogP contribution in [0.15, 0.2) is 29.2 Å². The molecule has 1 N–H and O–H groups in total. The molecule has 0 aliphatic heterocycles. The van der Waals surface area contributed by atoms with E-state index in [1.54, 1.807) is 0 Å². The van der Waals surface area contributed by atoms with Gasteiger partial charge in [-0.2, -0.15) is 4.31 Å². The van der Waals surface area contributed by atoms with Gasteiger partial charge in [0, 0.05) is 13.6 Å². The topological polar surface area (TPSA) is 57.6 Å².